The molecular weight excluding hydrogens is 144 g/mol. The molecule has 3 heteroatoms. The Labute approximate surface area is 66.0 Å². The first-order valence-corrected chi connectivity index (χ1v) is 3.58. The Morgan fingerprint density at radius 2 is 2.18 bits per heavy atom. The molecule has 0 aliphatic carbocycles. The Balaban J connectivity index is 3.98. The number of carbonyl (C=O) groups excluding carboxylic acids is 2. The molecule has 0 saturated carbocycles. The molecule has 0 radical (unpaired) electrons. The van der Waals surface area contributed by atoms with Gasteiger partial charge in [0.15, 0.2) is 0 Å². The standard InChI is InChI=1S/C8H12O3/c1-3-4-5-7(6-9)8(10)11-2/h3-5H2,1-2H3. The Bertz CT molecular complexity index is 178. The number of rotatable bonds is 4. The molecule has 0 rings (SSSR count). The second-order valence-electron chi connectivity index (χ2n) is 2.18. The number of carbonyl (C=O) groups is 1. The molecule has 0 aliphatic rings. The van der Waals surface area contributed by atoms with Crippen molar-refractivity contribution in [1.29, 1.82) is 0 Å². The number of methoxy groups -OCH3 is 1. The highest BCUT2D eigenvalue weighted by Crippen LogP contribution is 2.04. The van der Waals surface area contributed by atoms with Crippen LogP contribution < -0.4 is 0 Å². The van der Waals surface area contributed by atoms with Crippen molar-refractivity contribution in [2.24, 2.45) is 0 Å². The van der Waals surface area contributed by atoms with Crippen LogP contribution in [0.15, 0.2) is 5.57 Å². The van der Waals surface area contributed by atoms with E-state index < -0.39 is 5.97 Å². The highest BCUT2D eigenvalue weighted by atomic mass is 16.5. The monoisotopic (exact) mass is 156 g/mol. The second-order valence-corrected chi connectivity index (χ2v) is 2.18. The van der Waals surface area contributed by atoms with Crippen LogP contribution in [0.4, 0.5) is 0 Å². The zero-order valence-corrected chi connectivity index (χ0v) is 6.85. The first-order valence-electron chi connectivity index (χ1n) is 3.58. The van der Waals surface area contributed by atoms with E-state index >= 15 is 0 Å². The van der Waals surface area contributed by atoms with Crippen molar-refractivity contribution in [3.8, 4) is 0 Å². The number of hydrogen-bond acceptors (Lipinski definition) is 3. The van der Waals surface area contributed by atoms with Crippen LogP contribution in [0, 0.1) is 0 Å². The topological polar surface area (TPSA) is 43.4 Å². The van der Waals surface area contributed by atoms with Gasteiger partial charge in [0.25, 0.3) is 0 Å². The summed E-state index contributed by atoms with van der Waals surface area (Å²) in [5.74, 6) is 1.02. The Morgan fingerprint density at radius 3 is 2.55 bits per heavy atom. The van der Waals surface area contributed by atoms with Crippen molar-refractivity contribution >= 4 is 11.9 Å². The van der Waals surface area contributed by atoms with Crippen LogP contribution in [0.5, 0.6) is 0 Å². The number of unbranched alkanes of at least 4 members (excludes halogenated alkanes) is 1. The average molecular weight is 156 g/mol. The van der Waals surface area contributed by atoms with Gasteiger partial charge in [0.1, 0.15) is 11.5 Å². The molecule has 3 nitrogen and oxygen atoms in total. The molecule has 0 saturated heterocycles. The van der Waals surface area contributed by atoms with Crippen molar-refractivity contribution in [1.82, 2.24) is 0 Å². The molecule has 0 N–H and O–H groups in total. The largest absolute Gasteiger partial charge is 0.465 e. The molecule has 0 atom stereocenters. The van der Waals surface area contributed by atoms with Crippen molar-refractivity contribution in [3.05, 3.63) is 5.57 Å². The summed E-state index contributed by atoms with van der Waals surface area (Å²) in [5, 5.41) is 0. The van der Waals surface area contributed by atoms with Gasteiger partial charge in [-0.15, -0.1) is 0 Å². The van der Waals surface area contributed by atoms with E-state index in [1.54, 1.807) is 5.94 Å². The summed E-state index contributed by atoms with van der Waals surface area (Å²) in [4.78, 5) is 20.9. The van der Waals surface area contributed by atoms with Gasteiger partial charge in [-0.3, -0.25) is 0 Å². The summed E-state index contributed by atoms with van der Waals surface area (Å²) >= 11 is 0. The van der Waals surface area contributed by atoms with Gasteiger partial charge >= 0.3 is 5.97 Å². The molecule has 0 aliphatic heterocycles. The summed E-state index contributed by atoms with van der Waals surface area (Å²) < 4.78 is 4.36. The van der Waals surface area contributed by atoms with E-state index in [1.165, 1.54) is 7.11 Å². The molecule has 0 amide bonds. The van der Waals surface area contributed by atoms with E-state index in [9.17, 15) is 9.59 Å². The van der Waals surface area contributed by atoms with Gasteiger partial charge in [-0.2, -0.15) is 0 Å². The molecule has 0 bridgehead atoms. The molecule has 0 aromatic heterocycles. The molecule has 62 valence electrons. The fourth-order valence-corrected chi connectivity index (χ4v) is 0.672. The smallest absolute Gasteiger partial charge is 0.344 e. The predicted molar refractivity (Wildman–Crippen MR) is 40.7 cm³/mol. The van der Waals surface area contributed by atoms with E-state index in [2.05, 4.69) is 4.74 Å². The van der Waals surface area contributed by atoms with Gasteiger partial charge in [0, 0.05) is 0 Å². The van der Waals surface area contributed by atoms with E-state index in [4.69, 9.17) is 0 Å². The van der Waals surface area contributed by atoms with E-state index in [-0.39, 0.29) is 5.57 Å². The first kappa shape index (κ1) is 9.92. The fourth-order valence-electron chi connectivity index (χ4n) is 0.672. The van der Waals surface area contributed by atoms with E-state index in [0.29, 0.717) is 6.42 Å². The highest BCUT2D eigenvalue weighted by Gasteiger charge is 2.08. The van der Waals surface area contributed by atoms with Crippen LogP contribution in [0.3, 0.4) is 0 Å². The minimum atomic E-state index is -0.562. The SMILES string of the molecule is CCCCC(=C=O)C(=O)OC. The van der Waals surface area contributed by atoms with Gasteiger partial charge in [0.2, 0.25) is 0 Å². The summed E-state index contributed by atoms with van der Waals surface area (Å²) in [6.45, 7) is 1.99. The van der Waals surface area contributed by atoms with Crippen LogP contribution in [-0.4, -0.2) is 19.0 Å². The van der Waals surface area contributed by atoms with Crippen LogP contribution >= 0.6 is 0 Å². The van der Waals surface area contributed by atoms with Gasteiger partial charge in [-0.1, -0.05) is 13.3 Å². The molecule has 0 fully saturated rings. The quantitative estimate of drug-likeness (QED) is 0.348. The third-order valence-electron chi connectivity index (χ3n) is 1.34. The first-order chi connectivity index (χ1) is 5.26. The maximum atomic E-state index is 10.7. The van der Waals surface area contributed by atoms with Crippen molar-refractivity contribution < 1.29 is 14.3 Å². The molecule has 11 heavy (non-hydrogen) atoms. The maximum absolute atomic E-state index is 10.7. The molecule has 0 aromatic rings. The zero-order chi connectivity index (χ0) is 8.69. The molecule has 0 heterocycles. The van der Waals surface area contributed by atoms with Crippen LogP contribution in [-0.2, 0) is 14.3 Å². The van der Waals surface area contributed by atoms with Gasteiger partial charge in [-0.25, -0.2) is 9.59 Å². The van der Waals surface area contributed by atoms with Crippen molar-refractivity contribution in [2.75, 3.05) is 7.11 Å². The van der Waals surface area contributed by atoms with Crippen LogP contribution in [0.2, 0.25) is 0 Å². The molecule has 0 aromatic carbocycles. The van der Waals surface area contributed by atoms with Crippen molar-refractivity contribution in [3.63, 3.8) is 0 Å². The normalized spacial score (nSPS) is 8.55. The van der Waals surface area contributed by atoms with E-state index in [1.807, 2.05) is 6.92 Å². The van der Waals surface area contributed by atoms with Crippen LogP contribution in [0.25, 0.3) is 0 Å². The lowest BCUT2D eigenvalue weighted by atomic mass is 10.1. The number of esters is 1. The third kappa shape index (κ3) is 3.58. The third-order valence-corrected chi connectivity index (χ3v) is 1.34. The fraction of sp³-hybridized carbons (Fsp3) is 0.625. The zero-order valence-electron chi connectivity index (χ0n) is 6.85. The minimum Gasteiger partial charge on any atom is -0.465 e. The maximum Gasteiger partial charge on any atom is 0.344 e. The summed E-state index contributed by atoms with van der Waals surface area (Å²) in [5.41, 5.74) is 0.106. The Morgan fingerprint density at radius 1 is 1.55 bits per heavy atom. The number of ether oxygens (including phenoxy) is 1. The van der Waals surface area contributed by atoms with Crippen LogP contribution in [0.1, 0.15) is 26.2 Å². The molecular formula is C8H12O3. The number of hydrogen-bond donors (Lipinski definition) is 0. The van der Waals surface area contributed by atoms with Crippen molar-refractivity contribution in [2.45, 2.75) is 26.2 Å². The summed E-state index contributed by atoms with van der Waals surface area (Å²) in [6, 6.07) is 0. The Kier molecular flexibility index (Phi) is 5.13. The highest BCUT2D eigenvalue weighted by molar-refractivity contribution is 5.96. The molecule has 0 unspecified atom stereocenters. The summed E-state index contributed by atoms with van der Waals surface area (Å²) in [6.07, 6.45) is 2.23. The Hall–Kier alpha value is -1.08. The molecule has 0 spiro atoms. The summed E-state index contributed by atoms with van der Waals surface area (Å²) in [7, 11) is 1.26. The van der Waals surface area contributed by atoms with E-state index in [0.717, 1.165) is 12.8 Å². The average Bonchev–Trinajstić information content (AvgIpc) is 2.05. The van der Waals surface area contributed by atoms with Gasteiger partial charge < -0.3 is 4.74 Å². The minimum absolute atomic E-state index is 0.106. The predicted octanol–water partition coefficient (Wildman–Crippen LogP) is 1.11. The lowest BCUT2D eigenvalue weighted by Gasteiger charge is -1.98. The lowest BCUT2D eigenvalue weighted by Crippen LogP contribution is -2.05. The lowest BCUT2D eigenvalue weighted by molar-refractivity contribution is -0.136. The second kappa shape index (κ2) is 5.69. The van der Waals surface area contributed by atoms with Gasteiger partial charge in [0.05, 0.1) is 7.11 Å². The van der Waals surface area contributed by atoms with Gasteiger partial charge in [-0.05, 0) is 12.8 Å².